The van der Waals surface area contributed by atoms with Crippen LogP contribution in [0.4, 0.5) is 0 Å². The highest BCUT2D eigenvalue weighted by Crippen LogP contribution is 2.28. The second-order valence-corrected chi connectivity index (χ2v) is 8.89. The van der Waals surface area contributed by atoms with Crippen LogP contribution in [0.5, 0.6) is 0 Å². The number of carbonyl (C=O) groups is 1. The molecule has 1 N–H and O–H groups in total. The summed E-state index contributed by atoms with van der Waals surface area (Å²) in [6.45, 7) is 6.69. The summed E-state index contributed by atoms with van der Waals surface area (Å²) in [4.78, 5) is 15.1. The third kappa shape index (κ3) is 5.79. The zero-order chi connectivity index (χ0) is 21.1. The molecule has 0 radical (unpaired) electrons. The van der Waals surface area contributed by atoms with Crippen molar-refractivity contribution in [2.45, 2.75) is 32.7 Å². The number of hydrogen-bond acceptors (Lipinski definition) is 5. The molecule has 8 heteroatoms. The molecule has 3 aromatic rings. The van der Waals surface area contributed by atoms with E-state index in [9.17, 15) is 4.79 Å². The SMILES string of the molecule is Cc1ccc(C(CNC(=O)c2cc(-c3ccc(Br)cc3)on2)N2CCC(C)CC2)o1.Cl. The molecule has 6 nitrogen and oxygen atoms in total. The normalized spacial score (nSPS) is 16.0. The van der Waals surface area contributed by atoms with Crippen LogP contribution in [0.1, 0.15) is 47.8 Å². The lowest BCUT2D eigenvalue weighted by Crippen LogP contribution is -2.41. The average molecular weight is 509 g/mol. The molecule has 0 bridgehead atoms. The highest BCUT2D eigenvalue weighted by Gasteiger charge is 2.27. The zero-order valence-corrected chi connectivity index (χ0v) is 20.0. The number of likely N-dealkylation sites (tertiary alicyclic amines) is 1. The summed E-state index contributed by atoms with van der Waals surface area (Å²) in [7, 11) is 0. The quantitative estimate of drug-likeness (QED) is 0.467. The van der Waals surface area contributed by atoms with Gasteiger partial charge < -0.3 is 14.3 Å². The number of aryl methyl sites for hydroxylation is 1. The maximum absolute atomic E-state index is 12.7. The smallest absolute Gasteiger partial charge is 0.273 e. The van der Waals surface area contributed by atoms with Crippen molar-refractivity contribution in [2.75, 3.05) is 19.6 Å². The summed E-state index contributed by atoms with van der Waals surface area (Å²) >= 11 is 3.42. The molecular formula is C23H27BrClN3O3. The van der Waals surface area contributed by atoms with Gasteiger partial charge in [-0.3, -0.25) is 9.69 Å². The van der Waals surface area contributed by atoms with E-state index in [0.717, 1.165) is 53.4 Å². The Labute approximate surface area is 196 Å². The Morgan fingerprint density at radius 3 is 2.58 bits per heavy atom. The molecule has 1 fully saturated rings. The van der Waals surface area contributed by atoms with Crippen molar-refractivity contribution in [2.24, 2.45) is 5.92 Å². The van der Waals surface area contributed by atoms with E-state index in [1.807, 2.05) is 43.3 Å². The van der Waals surface area contributed by atoms with E-state index in [0.29, 0.717) is 12.3 Å². The predicted octanol–water partition coefficient (Wildman–Crippen LogP) is 5.63. The summed E-state index contributed by atoms with van der Waals surface area (Å²) in [6, 6.07) is 13.3. The van der Waals surface area contributed by atoms with E-state index >= 15 is 0 Å². The van der Waals surface area contributed by atoms with Crippen molar-refractivity contribution in [3.63, 3.8) is 0 Å². The van der Waals surface area contributed by atoms with Gasteiger partial charge in [0.25, 0.3) is 5.91 Å². The fourth-order valence-corrected chi connectivity index (χ4v) is 4.06. The van der Waals surface area contributed by atoms with Crippen LogP contribution in [0.15, 0.2) is 55.9 Å². The molecule has 2 aromatic heterocycles. The Kier molecular flexibility index (Phi) is 7.97. The van der Waals surface area contributed by atoms with Gasteiger partial charge in [0.05, 0.1) is 6.04 Å². The van der Waals surface area contributed by atoms with Crippen LogP contribution < -0.4 is 5.32 Å². The third-order valence-corrected chi connectivity index (χ3v) is 6.20. The van der Waals surface area contributed by atoms with Crippen LogP contribution in [0.25, 0.3) is 11.3 Å². The molecule has 3 heterocycles. The number of hydrogen-bond donors (Lipinski definition) is 1. The average Bonchev–Trinajstić information content (AvgIpc) is 3.39. The van der Waals surface area contributed by atoms with E-state index in [4.69, 9.17) is 8.94 Å². The first-order chi connectivity index (χ1) is 14.5. The number of carbonyl (C=O) groups excluding carboxylic acids is 1. The van der Waals surface area contributed by atoms with E-state index in [2.05, 4.69) is 38.2 Å². The highest BCUT2D eigenvalue weighted by atomic mass is 79.9. The van der Waals surface area contributed by atoms with Gasteiger partial charge in [0.1, 0.15) is 11.5 Å². The maximum Gasteiger partial charge on any atom is 0.273 e. The number of piperidine rings is 1. The third-order valence-electron chi connectivity index (χ3n) is 5.68. The lowest BCUT2D eigenvalue weighted by Gasteiger charge is -2.35. The molecule has 4 rings (SSSR count). The van der Waals surface area contributed by atoms with Crippen molar-refractivity contribution in [1.82, 2.24) is 15.4 Å². The molecule has 31 heavy (non-hydrogen) atoms. The first kappa shape index (κ1) is 23.6. The van der Waals surface area contributed by atoms with Gasteiger partial charge in [-0.2, -0.15) is 0 Å². The molecule has 1 amide bonds. The van der Waals surface area contributed by atoms with E-state index in [-0.39, 0.29) is 30.0 Å². The van der Waals surface area contributed by atoms with Crippen molar-refractivity contribution < 1.29 is 13.7 Å². The Bertz CT molecular complexity index is 994. The fourth-order valence-electron chi connectivity index (χ4n) is 3.79. The van der Waals surface area contributed by atoms with Gasteiger partial charge in [-0.05, 0) is 63.0 Å². The molecular weight excluding hydrogens is 482 g/mol. The van der Waals surface area contributed by atoms with Gasteiger partial charge >= 0.3 is 0 Å². The fraction of sp³-hybridized carbons (Fsp3) is 0.391. The van der Waals surface area contributed by atoms with Crippen molar-refractivity contribution in [3.8, 4) is 11.3 Å². The van der Waals surface area contributed by atoms with Crippen molar-refractivity contribution in [3.05, 3.63) is 64.2 Å². The predicted molar refractivity (Wildman–Crippen MR) is 125 cm³/mol. The van der Waals surface area contributed by atoms with Crippen LogP contribution in [0.3, 0.4) is 0 Å². The monoisotopic (exact) mass is 507 g/mol. The summed E-state index contributed by atoms with van der Waals surface area (Å²) in [5, 5.41) is 6.97. The molecule has 166 valence electrons. The molecule has 1 saturated heterocycles. The number of aromatic nitrogens is 1. The van der Waals surface area contributed by atoms with Gasteiger partial charge in [0.15, 0.2) is 11.5 Å². The summed E-state index contributed by atoms with van der Waals surface area (Å²) in [6.07, 6.45) is 2.31. The molecule has 1 atom stereocenters. The number of rotatable bonds is 6. The first-order valence-corrected chi connectivity index (χ1v) is 11.1. The molecule has 1 aliphatic rings. The first-order valence-electron chi connectivity index (χ1n) is 10.3. The Morgan fingerprint density at radius 1 is 1.23 bits per heavy atom. The van der Waals surface area contributed by atoms with Crippen molar-refractivity contribution >= 4 is 34.2 Å². The van der Waals surface area contributed by atoms with Crippen molar-refractivity contribution in [1.29, 1.82) is 0 Å². The number of benzene rings is 1. The number of nitrogens with zero attached hydrogens (tertiary/aromatic N) is 2. The summed E-state index contributed by atoms with van der Waals surface area (Å²) in [5.74, 6) is 2.82. The number of amides is 1. The van der Waals surface area contributed by atoms with Crippen LogP contribution in [0, 0.1) is 12.8 Å². The number of furan rings is 1. The number of nitrogens with one attached hydrogen (secondary N) is 1. The van der Waals surface area contributed by atoms with E-state index in [1.54, 1.807) is 6.07 Å². The molecule has 0 spiro atoms. The van der Waals surface area contributed by atoms with Gasteiger partial charge in [-0.15, -0.1) is 12.4 Å². The topological polar surface area (TPSA) is 71.5 Å². The zero-order valence-electron chi connectivity index (χ0n) is 17.6. The second kappa shape index (κ2) is 10.5. The summed E-state index contributed by atoms with van der Waals surface area (Å²) in [5.41, 5.74) is 1.14. The lowest BCUT2D eigenvalue weighted by atomic mass is 9.97. The van der Waals surface area contributed by atoms with Gasteiger partial charge in [-0.25, -0.2) is 0 Å². The molecule has 1 aromatic carbocycles. The molecule has 0 saturated carbocycles. The minimum Gasteiger partial charge on any atom is -0.465 e. The molecule has 0 aliphatic carbocycles. The van der Waals surface area contributed by atoms with Crippen LogP contribution >= 0.6 is 28.3 Å². The second-order valence-electron chi connectivity index (χ2n) is 7.98. The highest BCUT2D eigenvalue weighted by molar-refractivity contribution is 9.10. The Balaban J connectivity index is 0.00000272. The Morgan fingerprint density at radius 2 is 1.94 bits per heavy atom. The number of halogens is 2. The van der Waals surface area contributed by atoms with Gasteiger partial charge in [0, 0.05) is 22.6 Å². The molecule has 1 unspecified atom stereocenters. The minimum atomic E-state index is -0.249. The van der Waals surface area contributed by atoms with Gasteiger partial charge in [-0.1, -0.05) is 40.1 Å². The standard InChI is InChI=1S/C23H26BrN3O3.ClH/c1-15-9-11-27(12-10-15)20(21-8-3-16(2)29-21)14-25-23(28)19-13-22(30-26-19)17-4-6-18(24)7-5-17;/h3-8,13,15,20H,9-12,14H2,1-2H3,(H,25,28);1H. The molecule has 1 aliphatic heterocycles. The van der Waals surface area contributed by atoms with E-state index in [1.165, 1.54) is 0 Å². The summed E-state index contributed by atoms with van der Waals surface area (Å²) < 4.78 is 12.3. The van der Waals surface area contributed by atoms with Crippen LogP contribution in [-0.2, 0) is 0 Å². The van der Waals surface area contributed by atoms with Gasteiger partial charge in [0.2, 0.25) is 0 Å². The largest absolute Gasteiger partial charge is 0.465 e. The lowest BCUT2D eigenvalue weighted by molar-refractivity contribution is 0.0887. The maximum atomic E-state index is 12.7. The van der Waals surface area contributed by atoms with Crippen LogP contribution in [-0.4, -0.2) is 35.6 Å². The minimum absolute atomic E-state index is 0. The van der Waals surface area contributed by atoms with Crippen LogP contribution in [0.2, 0.25) is 0 Å². The van der Waals surface area contributed by atoms with E-state index < -0.39 is 0 Å². The Hall–Kier alpha value is -2.09.